The van der Waals surface area contributed by atoms with Crippen LogP contribution in [0.1, 0.15) is 28.5 Å². The number of hydrogen-bond acceptors (Lipinski definition) is 5. The summed E-state index contributed by atoms with van der Waals surface area (Å²) in [4.78, 5) is 20.6. The van der Waals surface area contributed by atoms with Crippen LogP contribution in [0.4, 0.5) is 5.69 Å². The molecule has 0 unspecified atom stereocenters. The molecule has 1 amide bonds. The Hall–Kier alpha value is -2.44. The number of nitrogens with one attached hydrogen (secondary N) is 1. The number of hydrogen-bond donors (Lipinski definition) is 2. The number of hydroxylamine groups is 1. The molecule has 2 N–H and O–H groups in total. The van der Waals surface area contributed by atoms with Crippen molar-refractivity contribution >= 4 is 11.6 Å². The third kappa shape index (κ3) is 4.35. The molecule has 0 atom stereocenters. The van der Waals surface area contributed by atoms with Gasteiger partial charge in [0.15, 0.2) is 0 Å². The van der Waals surface area contributed by atoms with E-state index in [0.29, 0.717) is 5.56 Å². The van der Waals surface area contributed by atoms with Crippen molar-refractivity contribution in [3.63, 3.8) is 0 Å². The van der Waals surface area contributed by atoms with E-state index in [-0.39, 0.29) is 0 Å². The lowest BCUT2D eigenvalue weighted by molar-refractivity contribution is 0.0706. The summed E-state index contributed by atoms with van der Waals surface area (Å²) in [6.07, 6.45) is 2.94. The Bertz CT molecular complexity index is 692. The Morgan fingerprint density at radius 2 is 1.84 bits per heavy atom. The molecule has 132 valence electrons. The molecule has 1 aliphatic heterocycles. The van der Waals surface area contributed by atoms with Gasteiger partial charge >= 0.3 is 0 Å². The molecular formula is C19H24N4O2. The minimum atomic E-state index is -0.483. The van der Waals surface area contributed by atoms with E-state index in [2.05, 4.69) is 33.8 Å². The zero-order valence-corrected chi connectivity index (χ0v) is 14.5. The lowest BCUT2D eigenvalue weighted by Gasteiger charge is -2.36. The average molecular weight is 340 g/mol. The average Bonchev–Trinajstić information content (AvgIpc) is 2.68. The predicted octanol–water partition coefficient (Wildman–Crippen LogP) is 2.09. The first kappa shape index (κ1) is 17.4. The van der Waals surface area contributed by atoms with Crippen LogP contribution < -0.4 is 10.4 Å². The zero-order chi connectivity index (χ0) is 17.6. The fourth-order valence-corrected chi connectivity index (χ4v) is 3.06. The van der Waals surface area contributed by atoms with E-state index in [1.54, 1.807) is 17.6 Å². The fraction of sp³-hybridized carbons (Fsp3) is 0.368. The lowest BCUT2D eigenvalue weighted by Crippen LogP contribution is -2.46. The van der Waals surface area contributed by atoms with Gasteiger partial charge in [-0.15, -0.1) is 0 Å². The van der Waals surface area contributed by atoms with Crippen LogP contribution >= 0.6 is 0 Å². The van der Waals surface area contributed by atoms with Gasteiger partial charge in [-0.3, -0.25) is 19.9 Å². The fourth-order valence-electron chi connectivity index (χ4n) is 3.06. The minimum absolute atomic E-state index is 0.457. The Labute approximate surface area is 148 Å². The normalized spacial score (nSPS) is 15.2. The second-order valence-electron chi connectivity index (χ2n) is 6.26. The van der Waals surface area contributed by atoms with E-state index in [0.717, 1.165) is 50.4 Å². The Balaban J connectivity index is 1.52. The molecule has 1 aliphatic rings. The molecule has 6 nitrogen and oxygen atoms in total. The highest BCUT2D eigenvalue weighted by Crippen LogP contribution is 2.17. The number of aryl methyl sites for hydroxylation is 1. The van der Waals surface area contributed by atoms with Crippen molar-refractivity contribution in [2.75, 3.05) is 31.1 Å². The Kier molecular flexibility index (Phi) is 5.63. The Morgan fingerprint density at radius 3 is 2.40 bits per heavy atom. The first-order chi connectivity index (χ1) is 12.2. The molecule has 0 radical (unpaired) electrons. The van der Waals surface area contributed by atoms with Crippen LogP contribution in [0.25, 0.3) is 0 Å². The lowest BCUT2D eigenvalue weighted by atomic mass is 10.1. The molecule has 1 fully saturated rings. The zero-order valence-electron chi connectivity index (χ0n) is 14.5. The van der Waals surface area contributed by atoms with Gasteiger partial charge in [-0.25, -0.2) is 5.48 Å². The van der Waals surface area contributed by atoms with Gasteiger partial charge in [0.2, 0.25) is 0 Å². The van der Waals surface area contributed by atoms with Crippen molar-refractivity contribution in [1.29, 1.82) is 0 Å². The van der Waals surface area contributed by atoms with Crippen molar-refractivity contribution in [3.8, 4) is 0 Å². The highest BCUT2D eigenvalue weighted by atomic mass is 16.5. The monoisotopic (exact) mass is 340 g/mol. The highest BCUT2D eigenvalue weighted by molar-refractivity contribution is 5.93. The smallest absolute Gasteiger partial charge is 0.274 e. The second kappa shape index (κ2) is 8.09. The summed E-state index contributed by atoms with van der Waals surface area (Å²) < 4.78 is 0. The maximum atomic E-state index is 11.3. The van der Waals surface area contributed by atoms with E-state index >= 15 is 0 Å². The first-order valence-corrected chi connectivity index (χ1v) is 8.65. The number of nitrogens with zero attached hydrogens (tertiary/aromatic N) is 3. The number of rotatable bonds is 5. The summed E-state index contributed by atoms with van der Waals surface area (Å²) in [5.41, 5.74) is 5.59. The molecule has 0 saturated carbocycles. The van der Waals surface area contributed by atoms with Gasteiger partial charge in [-0.1, -0.05) is 19.1 Å². The van der Waals surface area contributed by atoms with Gasteiger partial charge in [0.1, 0.15) is 0 Å². The van der Waals surface area contributed by atoms with Crippen molar-refractivity contribution in [1.82, 2.24) is 15.4 Å². The van der Waals surface area contributed by atoms with Crippen LogP contribution in [-0.2, 0) is 13.0 Å². The topological polar surface area (TPSA) is 68.7 Å². The van der Waals surface area contributed by atoms with Crippen LogP contribution in [0.3, 0.4) is 0 Å². The maximum Gasteiger partial charge on any atom is 0.274 e. The predicted molar refractivity (Wildman–Crippen MR) is 96.8 cm³/mol. The van der Waals surface area contributed by atoms with Crippen molar-refractivity contribution < 1.29 is 10.0 Å². The molecule has 2 heterocycles. The van der Waals surface area contributed by atoms with E-state index in [4.69, 9.17) is 5.21 Å². The number of anilines is 1. The Morgan fingerprint density at radius 1 is 1.12 bits per heavy atom. The van der Waals surface area contributed by atoms with E-state index < -0.39 is 5.91 Å². The molecule has 25 heavy (non-hydrogen) atoms. The number of carbonyl (C=O) groups excluding carboxylic acids is 1. The molecule has 2 aromatic rings. The summed E-state index contributed by atoms with van der Waals surface area (Å²) in [6.45, 7) is 6.94. The number of benzene rings is 1. The molecule has 6 heteroatoms. The molecule has 1 aromatic heterocycles. The van der Waals surface area contributed by atoms with Crippen molar-refractivity contribution in [2.24, 2.45) is 0 Å². The molecule has 3 rings (SSSR count). The molecular weight excluding hydrogens is 316 g/mol. The molecule has 0 bridgehead atoms. The van der Waals surface area contributed by atoms with Crippen LogP contribution in [0.15, 0.2) is 42.6 Å². The summed E-state index contributed by atoms with van der Waals surface area (Å²) in [5, 5.41) is 8.65. The third-order valence-electron chi connectivity index (χ3n) is 4.63. The summed E-state index contributed by atoms with van der Waals surface area (Å²) in [6, 6.07) is 11.6. The minimum Gasteiger partial charge on any atom is -0.368 e. The second-order valence-corrected chi connectivity index (χ2v) is 6.26. The third-order valence-corrected chi connectivity index (χ3v) is 4.63. The quantitative estimate of drug-likeness (QED) is 0.644. The highest BCUT2D eigenvalue weighted by Gasteiger charge is 2.17. The van der Waals surface area contributed by atoms with Gasteiger partial charge in [-0.2, -0.15) is 0 Å². The van der Waals surface area contributed by atoms with Gasteiger partial charge in [0.25, 0.3) is 5.91 Å². The van der Waals surface area contributed by atoms with Gasteiger partial charge < -0.3 is 4.90 Å². The molecule has 0 spiro atoms. The van der Waals surface area contributed by atoms with Crippen LogP contribution in [-0.4, -0.2) is 47.2 Å². The van der Waals surface area contributed by atoms with Crippen LogP contribution in [0, 0.1) is 0 Å². The van der Waals surface area contributed by atoms with Crippen molar-refractivity contribution in [3.05, 3.63) is 59.4 Å². The maximum absolute atomic E-state index is 11.3. The van der Waals surface area contributed by atoms with E-state index in [9.17, 15) is 4.79 Å². The molecule has 0 aliphatic carbocycles. The van der Waals surface area contributed by atoms with Crippen molar-refractivity contribution in [2.45, 2.75) is 19.9 Å². The molecule has 1 aromatic carbocycles. The van der Waals surface area contributed by atoms with Crippen LogP contribution in [0.2, 0.25) is 0 Å². The molecule has 1 saturated heterocycles. The summed E-state index contributed by atoms with van der Waals surface area (Å²) >= 11 is 0. The summed E-state index contributed by atoms with van der Waals surface area (Å²) in [7, 11) is 0. The standard InChI is InChI=1S/C19H24N4O2/c1-2-17-7-8-18(13-20-17)23-11-9-22(10-12-23)14-15-3-5-16(6-4-15)19(24)21-25/h3-8,13,25H,2,9-12,14H2,1H3,(H,21,24). The van der Waals surface area contributed by atoms with Gasteiger partial charge in [0.05, 0.1) is 11.9 Å². The number of carbonyl (C=O) groups is 1. The largest absolute Gasteiger partial charge is 0.368 e. The summed E-state index contributed by atoms with van der Waals surface area (Å²) in [5.74, 6) is -0.483. The van der Waals surface area contributed by atoms with Crippen LogP contribution in [0.5, 0.6) is 0 Å². The number of aromatic nitrogens is 1. The number of pyridine rings is 1. The van der Waals surface area contributed by atoms with E-state index in [1.807, 2.05) is 18.3 Å². The first-order valence-electron chi connectivity index (χ1n) is 8.65. The number of amides is 1. The number of piperazine rings is 1. The SMILES string of the molecule is CCc1ccc(N2CCN(Cc3ccc(C(=O)NO)cc3)CC2)cn1. The van der Waals surface area contributed by atoms with Gasteiger partial charge in [0, 0.05) is 44.0 Å². The van der Waals surface area contributed by atoms with E-state index in [1.165, 1.54) is 5.69 Å². The van der Waals surface area contributed by atoms with Gasteiger partial charge in [-0.05, 0) is 36.2 Å².